The molecular formula is C15H22N2OS. The maximum Gasteiger partial charge on any atom is 0.186 e. The highest BCUT2D eigenvalue weighted by Gasteiger charge is 2.32. The van der Waals surface area contributed by atoms with Gasteiger partial charge in [0.1, 0.15) is 0 Å². The van der Waals surface area contributed by atoms with Gasteiger partial charge in [0.25, 0.3) is 0 Å². The van der Waals surface area contributed by atoms with E-state index < -0.39 is 0 Å². The summed E-state index contributed by atoms with van der Waals surface area (Å²) in [6.07, 6.45) is 6.45. The van der Waals surface area contributed by atoms with Crippen LogP contribution in [0, 0.1) is 5.92 Å². The largest absolute Gasteiger partial charge is 0.345 e. The first-order valence-corrected chi connectivity index (χ1v) is 8.26. The summed E-state index contributed by atoms with van der Waals surface area (Å²) >= 11 is 1.64. The minimum atomic E-state index is 0.310. The van der Waals surface area contributed by atoms with E-state index in [1.807, 2.05) is 0 Å². The zero-order valence-electron chi connectivity index (χ0n) is 11.8. The molecule has 0 aromatic carbocycles. The van der Waals surface area contributed by atoms with E-state index in [0.717, 1.165) is 41.0 Å². The Bertz CT molecular complexity index is 476. The summed E-state index contributed by atoms with van der Waals surface area (Å²) in [7, 11) is 0. The van der Waals surface area contributed by atoms with Crippen LogP contribution in [0.2, 0.25) is 0 Å². The summed E-state index contributed by atoms with van der Waals surface area (Å²) in [5.41, 5.74) is 1.06. The van der Waals surface area contributed by atoms with Gasteiger partial charge >= 0.3 is 0 Å². The summed E-state index contributed by atoms with van der Waals surface area (Å²) < 4.78 is 0. The fraction of sp³-hybridized carbons (Fsp3) is 0.733. The summed E-state index contributed by atoms with van der Waals surface area (Å²) in [6, 6.07) is 0.682. The Hall–Kier alpha value is -0.900. The molecule has 1 aromatic heterocycles. The van der Waals surface area contributed by atoms with E-state index in [2.05, 4.69) is 18.7 Å². The second-order valence-electron chi connectivity index (χ2n) is 6.16. The number of rotatable bonds is 5. The maximum absolute atomic E-state index is 11.9. The Morgan fingerprint density at radius 3 is 2.79 bits per heavy atom. The molecule has 3 nitrogen and oxygen atoms in total. The number of nitrogens with zero attached hydrogens (tertiary/aromatic N) is 2. The quantitative estimate of drug-likeness (QED) is 0.824. The van der Waals surface area contributed by atoms with Crippen LogP contribution in [0.1, 0.15) is 61.3 Å². The molecule has 0 unspecified atom stereocenters. The van der Waals surface area contributed by atoms with E-state index in [4.69, 9.17) is 4.98 Å². The number of aromatic nitrogens is 1. The molecule has 0 aliphatic heterocycles. The van der Waals surface area contributed by atoms with Crippen LogP contribution in [-0.2, 0) is 6.42 Å². The number of hydrogen-bond donors (Lipinski definition) is 0. The maximum atomic E-state index is 11.9. The molecule has 0 N–H and O–H groups in total. The minimum Gasteiger partial charge on any atom is -0.345 e. The highest BCUT2D eigenvalue weighted by atomic mass is 32.1. The van der Waals surface area contributed by atoms with Crippen molar-refractivity contribution in [1.82, 2.24) is 4.98 Å². The van der Waals surface area contributed by atoms with Gasteiger partial charge in [0.05, 0.1) is 10.6 Å². The number of carbonyl (C=O) groups excluding carboxylic acids is 1. The second-order valence-corrected chi connectivity index (χ2v) is 7.13. The number of carbonyl (C=O) groups is 1. The Balaban J connectivity index is 1.80. The molecule has 19 heavy (non-hydrogen) atoms. The molecule has 1 heterocycles. The second kappa shape index (κ2) is 5.23. The van der Waals surface area contributed by atoms with E-state index in [1.165, 1.54) is 19.3 Å². The molecule has 3 rings (SSSR count). The summed E-state index contributed by atoms with van der Waals surface area (Å²) in [5, 5.41) is 1.10. The van der Waals surface area contributed by atoms with E-state index in [9.17, 15) is 4.79 Å². The molecule has 0 saturated heterocycles. The van der Waals surface area contributed by atoms with E-state index in [0.29, 0.717) is 18.2 Å². The Labute approximate surface area is 119 Å². The van der Waals surface area contributed by atoms with Gasteiger partial charge in [-0.2, -0.15) is 0 Å². The predicted molar refractivity (Wildman–Crippen MR) is 79.2 cm³/mol. The van der Waals surface area contributed by atoms with Crippen LogP contribution in [-0.4, -0.2) is 23.4 Å². The van der Waals surface area contributed by atoms with Gasteiger partial charge in [-0.25, -0.2) is 4.98 Å². The summed E-state index contributed by atoms with van der Waals surface area (Å²) in [5.74, 6) is 1.03. The third-order valence-electron chi connectivity index (χ3n) is 3.94. The first kappa shape index (κ1) is 13.1. The normalized spacial score (nSPS) is 18.8. The van der Waals surface area contributed by atoms with Gasteiger partial charge in [0.15, 0.2) is 10.9 Å². The zero-order valence-corrected chi connectivity index (χ0v) is 12.6. The van der Waals surface area contributed by atoms with Crippen LogP contribution in [0.25, 0.3) is 0 Å². The van der Waals surface area contributed by atoms with Gasteiger partial charge in [0, 0.05) is 19.0 Å². The van der Waals surface area contributed by atoms with Crippen LogP contribution >= 0.6 is 11.3 Å². The Morgan fingerprint density at radius 2 is 2.16 bits per heavy atom. The molecule has 0 atom stereocenters. The highest BCUT2D eigenvalue weighted by molar-refractivity contribution is 7.17. The first-order chi connectivity index (χ1) is 9.15. The highest BCUT2D eigenvalue weighted by Crippen LogP contribution is 2.37. The van der Waals surface area contributed by atoms with Crippen molar-refractivity contribution in [3.8, 4) is 0 Å². The molecular weight excluding hydrogens is 256 g/mol. The van der Waals surface area contributed by atoms with Crippen molar-refractivity contribution in [3.05, 3.63) is 10.6 Å². The van der Waals surface area contributed by atoms with Crippen LogP contribution in [0.5, 0.6) is 0 Å². The molecule has 1 aromatic rings. The molecule has 2 aliphatic rings. The van der Waals surface area contributed by atoms with Gasteiger partial charge in [-0.1, -0.05) is 25.2 Å². The lowest BCUT2D eigenvalue weighted by Crippen LogP contribution is -2.27. The molecule has 1 fully saturated rings. The molecule has 2 aliphatic carbocycles. The lowest BCUT2D eigenvalue weighted by atomic mass is 10.0. The standard InChI is InChI=1S/C15H22N2OS/c1-10(2)8-9-17(11-6-7-11)15-16-12-4-3-5-13(18)14(12)19-15/h10-11H,3-9H2,1-2H3. The molecule has 0 amide bonds. The minimum absolute atomic E-state index is 0.310. The summed E-state index contributed by atoms with van der Waals surface area (Å²) in [4.78, 5) is 20.1. The van der Waals surface area contributed by atoms with Crippen molar-refractivity contribution in [2.45, 2.75) is 58.4 Å². The zero-order chi connectivity index (χ0) is 13.4. The van der Waals surface area contributed by atoms with Crippen LogP contribution in [0.3, 0.4) is 0 Å². The number of ketones is 1. The molecule has 0 radical (unpaired) electrons. The van der Waals surface area contributed by atoms with Crippen LogP contribution < -0.4 is 4.90 Å². The monoisotopic (exact) mass is 278 g/mol. The number of anilines is 1. The number of Topliss-reactive ketones (excluding diaryl/α,β-unsaturated/α-hetero) is 1. The average molecular weight is 278 g/mol. The van der Waals surface area contributed by atoms with Crippen molar-refractivity contribution in [1.29, 1.82) is 0 Å². The molecule has 4 heteroatoms. The smallest absolute Gasteiger partial charge is 0.186 e. The molecule has 104 valence electrons. The fourth-order valence-corrected chi connectivity index (χ4v) is 3.77. The Kier molecular flexibility index (Phi) is 3.61. The summed E-state index contributed by atoms with van der Waals surface area (Å²) in [6.45, 7) is 5.62. The van der Waals surface area contributed by atoms with Crippen molar-refractivity contribution in [2.75, 3.05) is 11.4 Å². The SMILES string of the molecule is CC(C)CCN(c1nc2c(s1)C(=O)CCC2)C1CC1. The number of fused-ring (bicyclic) bond motifs is 1. The number of hydrogen-bond acceptors (Lipinski definition) is 4. The first-order valence-electron chi connectivity index (χ1n) is 7.44. The van der Waals surface area contributed by atoms with Gasteiger partial charge in [-0.15, -0.1) is 0 Å². The van der Waals surface area contributed by atoms with Crippen LogP contribution in [0.4, 0.5) is 5.13 Å². The van der Waals surface area contributed by atoms with Crippen molar-refractivity contribution in [3.63, 3.8) is 0 Å². The fourth-order valence-electron chi connectivity index (χ4n) is 2.60. The van der Waals surface area contributed by atoms with E-state index in [-0.39, 0.29) is 0 Å². The third kappa shape index (κ3) is 2.83. The average Bonchev–Trinajstić information content (AvgIpc) is 3.09. The number of aryl methyl sites for hydroxylation is 1. The van der Waals surface area contributed by atoms with Gasteiger partial charge in [-0.05, 0) is 38.0 Å². The van der Waals surface area contributed by atoms with Crippen molar-refractivity contribution in [2.24, 2.45) is 5.92 Å². The van der Waals surface area contributed by atoms with Gasteiger partial charge < -0.3 is 4.90 Å². The van der Waals surface area contributed by atoms with E-state index in [1.54, 1.807) is 11.3 Å². The molecule has 1 saturated carbocycles. The lowest BCUT2D eigenvalue weighted by molar-refractivity contribution is 0.0976. The predicted octanol–water partition coefficient (Wildman–Crippen LogP) is 3.68. The Morgan fingerprint density at radius 1 is 1.37 bits per heavy atom. The van der Waals surface area contributed by atoms with Gasteiger partial charge in [-0.3, -0.25) is 4.79 Å². The van der Waals surface area contributed by atoms with Crippen molar-refractivity contribution < 1.29 is 4.79 Å². The molecule has 0 bridgehead atoms. The van der Waals surface area contributed by atoms with Gasteiger partial charge in [0.2, 0.25) is 0 Å². The molecule has 0 spiro atoms. The van der Waals surface area contributed by atoms with Crippen LogP contribution in [0.15, 0.2) is 0 Å². The van der Waals surface area contributed by atoms with E-state index >= 15 is 0 Å². The topological polar surface area (TPSA) is 33.2 Å². The lowest BCUT2D eigenvalue weighted by Gasteiger charge is -2.22. The third-order valence-corrected chi connectivity index (χ3v) is 5.11. The number of thiazole rings is 1. The van der Waals surface area contributed by atoms with Crippen molar-refractivity contribution >= 4 is 22.3 Å².